The molecule has 1 unspecified atom stereocenters. The minimum atomic E-state index is 0.214. The van der Waals surface area contributed by atoms with E-state index in [1.807, 2.05) is 18.2 Å². The molecule has 6 nitrogen and oxygen atoms in total. The van der Waals surface area contributed by atoms with Gasteiger partial charge in [-0.25, -0.2) is 0 Å². The summed E-state index contributed by atoms with van der Waals surface area (Å²) in [5.74, 6) is 0.483. The van der Waals surface area contributed by atoms with Gasteiger partial charge in [0.1, 0.15) is 0 Å². The van der Waals surface area contributed by atoms with Crippen LogP contribution in [0, 0.1) is 6.92 Å². The van der Waals surface area contributed by atoms with Gasteiger partial charge < -0.3 is 15.8 Å². The second-order valence-electron chi connectivity index (χ2n) is 6.80. The minimum Gasteiger partial charge on any atom is -0.379 e. The zero-order valence-electron chi connectivity index (χ0n) is 16.0. The number of morpholine rings is 1. The number of ether oxygens (including phenoxy) is 1. The van der Waals surface area contributed by atoms with Gasteiger partial charge in [-0.15, -0.1) is 0 Å². The molecule has 0 radical (unpaired) electrons. The maximum absolute atomic E-state index is 6.09. The fourth-order valence-electron chi connectivity index (χ4n) is 3.21. The highest BCUT2D eigenvalue weighted by Crippen LogP contribution is 2.22. The summed E-state index contributed by atoms with van der Waals surface area (Å²) in [5.41, 5.74) is 9.67. The van der Waals surface area contributed by atoms with Gasteiger partial charge in [-0.1, -0.05) is 35.9 Å². The molecule has 0 saturated carbocycles. The Kier molecular flexibility index (Phi) is 7.19. The third-order valence-corrected chi connectivity index (χ3v) is 4.80. The van der Waals surface area contributed by atoms with E-state index >= 15 is 0 Å². The number of aryl methyl sites for hydroxylation is 1. The van der Waals surface area contributed by atoms with Crippen LogP contribution < -0.4 is 11.1 Å². The minimum absolute atomic E-state index is 0.214. The predicted octanol–water partition coefficient (Wildman–Crippen LogP) is 1.91. The molecule has 144 valence electrons. The summed E-state index contributed by atoms with van der Waals surface area (Å²) in [6.07, 6.45) is 2.63. The van der Waals surface area contributed by atoms with E-state index < -0.39 is 0 Å². The molecule has 1 atom stereocenters. The van der Waals surface area contributed by atoms with Crippen molar-refractivity contribution in [2.75, 3.05) is 39.4 Å². The van der Waals surface area contributed by atoms with Crippen LogP contribution in [-0.4, -0.2) is 55.2 Å². The Hall–Kier alpha value is -2.44. The number of guanidine groups is 1. The van der Waals surface area contributed by atoms with Gasteiger partial charge in [0, 0.05) is 37.9 Å². The molecule has 3 rings (SSSR count). The third-order valence-electron chi connectivity index (χ3n) is 4.80. The molecule has 2 aromatic rings. The molecule has 27 heavy (non-hydrogen) atoms. The van der Waals surface area contributed by atoms with Crippen LogP contribution in [0.4, 0.5) is 0 Å². The average molecular weight is 367 g/mol. The first-order chi connectivity index (χ1) is 13.2. The third kappa shape index (κ3) is 6.05. The van der Waals surface area contributed by atoms with E-state index in [0.29, 0.717) is 12.5 Å². The molecular formula is C21H29N5O. The van der Waals surface area contributed by atoms with E-state index in [0.717, 1.165) is 45.0 Å². The Morgan fingerprint density at radius 1 is 1.22 bits per heavy atom. The quantitative estimate of drug-likeness (QED) is 0.578. The predicted molar refractivity (Wildman–Crippen MR) is 109 cm³/mol. The SMILES string of the molecule is Cc1ccc(C(CN=C(N)NCCc2ccccn2)N2CCOCC2)cc1. The Morgan fingerprint density at radius 3 is 2.70 bits per heavy atom. The monoisotopic (exact) mass is 367 g/mol. The summed E-state index contributed by atoms with van der Waals surface area (Å²) >= 11 is 0. The van der Waals surface area contributed by atoms with E-state index in [4.69, 9.17) is 10.5 Å². The van der Waals surface area contributed by atoms with Gasteiger partial charge >= 0.3 is 0 Å². The fraction of sp³-hybridized carbons (Fsp3) is 0.429. The number of benzene rings is 1. The Morgan fingerprint density at radius 2 is 2.00 bits per heavy atom. The van der Waals surface area contributed by atoms with E-state index in [1.165, 1.54) is 11.1 Å². The van der Waals surface area contributed by atoms with Crippen molar-refractivity contribution in [1.82, 2.24) is 15.2 Å². The summed E-state index contributed by atoms with van der Waals surface area (Å²) in [6.45, 7) is 6.83. The number of aliphatic imine (C=N–C) groups is 1. The highest BCUT2D eigenvalue weighted by atomic mass is 16.5. The molecule has 0 bridgehead atoms. The van der Waals surface area contributed by atoms with Gasteiger partial charge in [0.15, 0.2) is 5.96 Å². The number of nitrogens with zero attached hydrogens (tertiary/aromatic N) is 3. The summed E-state index contributed by atoms with van der Waals surface area (Å²) < 4.78 is 5.51. The van der Waals surface area contributed by atoms with Crippen molar-refractivity contribution in [3.63, 3.8) is 0 Å². The smallest absolute Gasteiger partial charge is 0.188 e. The van der Waals surface area contributed by atoms with Crippen LogP contribution in [0.25, 0.3) is 0 Å². The Bertz CT molecular complexity index is 711. The molecule has 6 heteroatoms. The van der Waals surface area contributed by atoms with Crippen molar-refractivity contribution in [2.24, 2.45) is 10.7 Å². The lowest BCUT2D eigenvalue weighted by Crippen LogP contribution is -2.41. The maximum atomic E-state index is 6.09. The second kappa shape index (κ2) is 10.0. The number of nitrogens with one attached hydrogen (secondary N) is 1. The van der Waals surface area contributed by atoms with Crippen molar-refractivity contribution in [1.29, 1.82) is 0 Å². The number of aromatic nitrogens is 1. The lowest BCUT2D eigenvalue weighted by molar-refractivity contribution is 0.0180. The molecule has 1 aliphatic heterocycles. The standard InChI is InChI=1S/C21H29N5O/c1-17-5-7-18(8-6-17)20(26-12-14-27-15-13-26)16-25-21(22)24-11-9-19-4-2-3-10-23-19/h2-8,10,20H,9,11-16H2,1H3,(H3,22,24,25). The lowest BCUT2D eigenvalue weighted by atomic mass is 10.0. The molecule has 0 spiro atoms. The first kappa shape index (κ1) is 19.3. The normalized spacial score (nSPS) is 16.9. The van der Waals surface area contributed by atoms with Gasteiger partial charge in [-0.2, -0.15) is 0 Å². The molecule has 0 amide bonds. The van der Waals surface area contributed by atoms with Crippen molar-refractivity contribution < 1.29 is 4.74 Å². The topological polar surface area (TPSA) is 75.8 Å². The largest absolute Gasteiger partial charge is 0.379 e. The fourth-order valence-corrected chi connectivity index (χ4v) is 3.21. The van der Waals surface area contributed by atoms with Crippen LogP contribution >= 0.6 is 0 Å². The van der Waals surface area contributed by atoms with Crippen LogP contribution in [-0.2, 0) is 11.2 Å². The van der Waals surface area contributed by atoms with Crippen molar-refractivity contribution in [3.8, 4) is 0 Å². The van der Waals surface area contributed by atoms with Crippen LogP contribution in [0.5, 0.6) is 0 Å². The summed E-state index contributed by atoms with van der Waals surface area (Å²) in [6, 6.07) is 14.8. The molecule has 0 aliphatic carbocycles. The first-order valence-corrected chi connectivity index (χ1v) is 9.54. The second-order valence-corrected chi connectivity index (χ2v) is 6.80. The highest BCUT2D eigenvalue weighted by molar-refractivity contribution is 5.77. The Labute approximate surface area is 161 Å². The van der Waals surface area contributed by atoms with Crippen molar-refractivity contribution in [3.05, 3.63) is 65.5 Å². The number of hydrogen-bond donors (Lipinski definition) is 2. The van der Waals surface area contributed by atoms with Crippen molar-refractivity contribution in [2.45, 2.75) is 19.4 Å². The van der Waals surface area contributed by atoms with Gasteiger partial charge in [0.05, 0.1) is 25.8 Å². The molecule has 1 fully saturated rings. The zero-order valence-corrected chi connectivity index (χ0v) is 16.0. The van der Waals surface area contributed by atoms with Crippen LogP contribution in [0.15, 0.2) is 53.7 Å². The van der Waals surface area contributed by atoms with E-state index in [2.05, 4.69) is 51.4 Å². The molecular weight excluding hydrogens is 338 g/mol. The molecule has 1 aliphatic rings. The van der Waals surface area contributed by atoms with E-state index in [9.17, 15) is 0 Å². The molecule has 2 heterocycles. The number of nitrogens with two attached hydrogens (primary N) is 1. The lowest BCUT2D eigenvalue weighted by Gasteiger charge is -2.34. The number of hydrogen-bond acceptors (Lipinski definition) is 4. The van der Waals surface area contributed by atoms with Crippen LogP contribution in [0.2, 0.25) is 0 Å². The molecule has 1 aromatic heterocycles. The van der Waals surface area contributed by atoms with Gasteiger partial charge in [-0.05, 0) is 24.6 Å². The Balaban J connectivity index is 1.58. The van der Waals surface area contributed by atoms with E-state index in [-0.39, 0.29) is 6.04 Å². The first-order valence-electron chi connectivity index (χ1n) is 9.54. The zero-order chi connectivity index (χ0) is 18.9. The summed E-state index contributed by atoms with van der Waals surface area (Å²) in [4.78, 5) is 11.4. The number of pyridine rings is 1. The highest BCUT2D eigenvalue weighted by Gasteiger charge is 2.22. The van der Waals surface area contributed by atoms with E-state index in [1.54, 1.807) is 6.20 Å². The molecule has 1 saturated heterocycles. The summed E-state index contributed by atoms with van der Waals surface area (Å²) in [7, 11) is 0. The van der Waals surface area contributed by atoms with Crippen LogP contribution in [0.1, 0.15) is 22.9 Å². The number of rotatable bonds is 7. The van der Waals surface area contributed by atoms with Crippen LogP contribution in [0.3, 0.4) is 0 Å². The molecule has 1 aromatic carbocycles. The van der Waals surface area contributed by atoms with Gasteiger partial charge in [0.2, 0.25) is 0 Å². The maximum Gasteiger partial charge on any atom is 0.188 e. The summed E-state index contributed by atoms with van der Waals surface area (Å²) in [5, 5.41) is 3.19. The average Bonchev–Trinajstić information content (AvgIpc) is 2.71. The van der Waals surface area contributed by atoms with Crippen molar-refractivity contribution >= 4 is 5.96 Å². The van der Waals surface area contributed by atoms with Gasteiger partial charge in [-0.3, -0.25) is 14.9 Å². The van der Waals surface area contributed by atoms with Gasteiger partial charge in [0.25, 0.3) is 0 Å². The molecule has 3 N–H and O–H groups in total.